The van der Waals surface area contributed by atoms with Gasteiger partial charge in [0.15, 0.2) is 0 Å². The number of rotatable bonds is 2. The standard InChI is InChI=1S/C16H18N4.3ClH/c1-16(2,18)11-6-8-12(9-7-11)20-15-5-3-4-14(17)13(15)10-19-20;;;/h3-10H,17-18H2,1-2H3;3*1H. The molecule has 2 aromatic carbocycles. The number of aromatic nitrogens is 2. The van der Waals surface area contributed by atoms with Crippen molar-refractivity contribution in [3.05, 3.63) is 54.2 Å². The minimum atomic E-state index is -0.338. The first-order valence-corrected chi connectivity index (χ1v) is 6.59. The first-order chi connectivity index (χ1) is 9.47. The SMILES string of the molecule is CC(C)(N)c1ccc(-n2ncc3c(N)cccc32)cc1.Cl.Cl.Cl. The van der Waals surface area contributed by atoms with Gasteiger partial charge in [-0.05, 0) is 43.7 Å². The Labute approximate surface area is 154 Å². The monoisotopic (exact) mass is 374 g/mol. The summed E-state index contributed by atoms with van der Waals surface area (Å²) in [7, 11) is 0. The molecule has 0 aliphatic heterocycles. The lowest BCUT2D eigenvalue weighted by Crippen LogP contribution is -2.28. The third kappa shape index (κ3) is 4.09. The Morgan fingerprint density at radius 3 is 2.13 bits per heavy atom. The van der Waals surface area contributed by atoms with Crippen LogP contribution in [0.5, 0.6) is 0 Å². The normalized spacial score (nSPS) is 10.4. The Hall–Kier alpha value is -1.46. The molecule has 1 heterocycles. The van der Waals surface area contributed by atoms with E-state index >= 15 is 0 Å². The highest BCUT2D eigenvalue weighted by Crippen LogP contribution is 2.24. The lowest BCUT2D eigenvalue weighted by Gasteiger charge is -2.19. The van der Waals surface area contributed by atoms with E-state index in [0.29, 0.717) is 0 Å². The molecule has 0 aliphatic rings. The van der Waals surface area contributed by atoms with Crippen LogP contribution in [0.2, 0.25) is 0 Å². The molecule has 4 nitrogen and oxygen atoms in total. The summed E-state index contributed by atoms with van der Waals surface area (Å²) in [6, 6.07) is 14.0. The van der Waals surface area contributed by atoms with Gasteiger partial charge >= 0.3 is 0 Å². The number of hydrogen-bond donors (Lipinski definition) is 2. The predicted octanol–water partition coefficient (Wildman–Crippen LogP) is 4.07. The second kappa shape index (κ2) is 7.88. The molecule has 0 saturated heterocycles. The van der Waals surface area contributed by atoms with E-state index in [2.05, 4.69) is 5.10 Å². The quantitative estimate of drug-likeness (QED) is 0.663. The van der Waals surface area contributed by atoms with E-state index in [4.69, 9.17) is 11.5 Å². The zero-order valence-electron chi connectivity index (χ0n) is 12.9. The van der Waals surface area contributed by atoms with Crippen molar-refractivity contribution < 1.29 is 0 Å². The first kappa shape index (κ1) is 21.5. The van der Waals surface area contributed by atoms with Gasteiger partial charge in [0.1, 0.15) is 0 Å². The maximum Gasteiger partial charge on any atom is 0.0761 e. The van der Waals surface area contributed by atoms with E-state index in [-0.39, 0.29) is 42.8 Å². The van der Waals surface area contributed by atoms with Crippen molar-refractivity contribution in [2.75, 3.05) is 5.73 Å². The van der Waals surface area contributed by atoms with Crippen LogP contribution in [-0.4, -0.2) is 9.78 Å². The molecule has 3 aromatic rings. The van der Waals surface area contributed by atoms with Gasteiger partial charge in [0.25, 0.3) is 0 Å². The van der Waals surface area contributed by atoms with Crippen LogP contribution < -0.4 is 11.5 Å². The maximum absolute atomic E-state index is 6.10. The first-order valence-electron chi connectivity index (χ1n) is 6.59. The minimum Gasteiger partial charge on any atom is -0.398 e. The van der Waals surface area contributed by atoms with Crippen molar-refractivity contribution in [2.45, 2.75) is 19.4 Å². The van der Waals surface area contributed by atoms with Gasteiger partial charge < -0.3 is 11.5 Å². The van der Waals surface area contributed by atoms with E-state index in [1.165, 1.54) is 0 Å². The van der Waals surface area contributed by atoms with Gasteiger partial charge in [-0.1, -0.05) is 18.2 Å². The number of hydrogen-bond acceptors (Lipinski definition) is 3. The van der Waals surface area contributed by atoms with Crippen LogP contribution in [0.1, 0.15) is 19.4 Å². The predicted molar refractivity (Wildman–Crippen MR) is 104 cm³/mol. The number of benzene rings is 2. The molecule has 0 radical (unpaired) electrons. The number of halogens is 3. The van der Waals surface area contributed by atoms with E-state index < -0.39 is 0 Å². The van der Waals surface area contributed by atoms with Crippen LogP contribution in [0.15, 0.2) is 48.7 Å². The van der Waals surface area contributed by atoms with Crippen LogP contribution in [-0.2, 0) is 5.54 Å². The van der Waals surface area contributed by atoms with Crippen LogP contribution in [0, 0.1) is 0 Å². The van der Waals surface area contributed by atoms with E-state index in [1.807, 2.05) is 61.0 Å². The minimum absolute atomic E-state index is 0. The van der Waals surface area contributed by atoms with Gasteiger partial charge in [0, 0.05) is 16.6 Å². The Morgan fingerprint density at radius 1 is 0.957 bits per heavy atom. The van der Waals surface area contributed by atoms with Crippen molar-refractivity contribution >= 4 is 53.8 Å². The number of anilines is 1. The van der Waals surface area contributed by atoms with Gasteiger partial charge in [-0.3, -0.25) is 0 Å². The highest BCUT2D eigenvalue weighted by atomic mass is 35.5. The molecular weight excluding hydrogens is 355 g/mol. The Kier molecular flexibility index (Phi) is 7.38. The van der Waals surface area contributed by atoms with Crippen molar-refractivity contribution in [1.82, 2.24) is 9.78 Å². The molecule has 126 valence electrons. The molecule has 0 bridgehead atoms. The average Bonchev–Trinajstić information content (AvgIpc) is 2.83. The van der Waals surface area contributed by atoms with Crippen molar-refractivity contribution in [2.24, 2.45) is 5.73 Å². The summed E-state index contributed by atoms with van der Waals surface area (Å²) < 4.78 is 1.89. The fourth-order valence-electron chi connectivity index (χ4n) is 2.31. The molecule has 23 heavy (non-hydrogen) atoms. The van der Waals surface area contributed by atoms with Gasteiger partial charge in [-0.25, -0.2) is 4.68 Å². The summed E-state index contributed by atoms with van der Waals surface area (Å²) in [6.45, 7) is 3.98. The molecule has 0 amide bonds. The smallest absolute Gasteiger partial charge is 0.0761 e. The Balaban J connectivity index is 0.00000161. The molecule has 1 aromatic heterocycles. The Bertz CT molecular complexity index is 761. The van der Waals surface area contributed by atoms with Crippen molar-refractivity contribution in [1.29, 1.82) is 0 Å². The lowest BCUT2D eigenvalue weighted by molar-refractivity contribution is 0.554. The molecule has 0 aliphatic carbocycles. The number of nitrogens with zero attached hydrogens (tertiary/aromatic N) is 2. The summed E-state index contributed by atoms with van der Waals surface area (Å²) in [6.07, 6.45) is 1.80. The van der Waals surface area contributed by atoms with Crippen LogP contribution >= 0.6 is 37.2 Å². The van der Waals surface area contributed by atoms with Gasteiger partial charge in [-0.2, -0.15) is 5.10 Å². The second-order valence-electron chi connectivity index (χ2n) is 5.60. The fraction of sp³-hybridized carbons (Fsp3) is 0.188. The highest BCUT2D eigenvalue weighted by molar-refractivity contribution is 5.91. The molecule has 4 N–H and O–H groups in total. The van der Waals surface area contributed by atoms with Gasteiger partial charge in [0.05, 0.1) is 17.4 Å². The Morgan fingerprint density at radius 2 is 1.57 bits per heavy atom. The zero-order chi connectivity index (χ0) is 14.3. The molecule has 0 fully saturated rings. The summed E-state index contributed by atoms with van der Waals surface area (Å²) in [5.41, 5.74) is 15.6. The summed E-state index contributed by atoms with van der Waals surface area (Å²) in [4.78, 5) is 0. The van der Waals surface area contributed by atoms with E-state index in [0.717, 1.165) is 27.8 Å². The van der Waals surface area contributed by atoms with Gasteiger partial charge in [-0.15, -0.1) is 37.2 Å². The largest absolute Gasteiger partial charge is 0.398 e. The molecule has 7 heteroatoms. The molecular formula is C16H21Cl3N4. The van der Waals surface area contributed by atoms with Crippen LogP contribution in [0.3, 0.4) is 0 Å². The molecule has 0 atom stereocenters. The lowest BCUT2D eigenvalue weighted by atomic mass is 9.96. The number of nitrogen functional groups attached to an aromatic ring is 1. The summed E-state index contributed by atoms with van der Waals surface area (Å²) in [5.74, 6) is 0. The number of nitrogens with two attached hydrogens (primary N) is 2. The highest BCUT2D eigenvalue weighted by Gasteiger charge is 2.14. The topological polar surface area (TPSA) is 69.9 Å². The van der Waals surface area contributed by atoms with Crippen molar-refractivity contribution in [3.8, 4) is 5.69 Å². The van der Waals surface area contributed by atoms with E-state index in [9.17, 15) is 0 Å². The third-order valence-electron chi connectivity index (χ3n) is 3.50. The van der Waals surface area contributed by atoms with Gasteiger partial charge in [0.2, 0.25) is 0 Å². The number of fused-ring (bicyclic) bond motifs is 1. The third-order valence-corrected chi connectivity index (χ3v) is 3.50. The van der Waals surface area contributed by atoms with Crippen LogP contribution in [0.25, 0.3) is 16.6 Å². The second-order valence-corrected chi connectivity index (χ2v) is 5.60. The summed E-state index contributed by atoms with van der Waals surface area (Å²) in [5, 5.41) is 5.39. The molecule has 0 saturated carbocycles. The molecule has 3 rings (SSSR count). The fourth-order valence-corrected chi connectivity index (χ4v) is 2.31. The zero-order valence-corrected chi connectivity index (χ0v) is 15.3. The molecule has 0 unspecified atom stereocenters. The average molecular weight is 376 g/mol. The van der Waals surface area contributed by atoms with E-state index in [1.54, 1.807) is 6.20 Å². The maximum atomic E-state index is 6.10. The summed E-state index contributed by atoms with van der Waals surface area (Å²) >= 11 is 0. The molecule has 0 spiro atoms. The van der Waals surface area contributed by atoms with Crippen LogP contribution in [0.4, 0.5) is 5.69 Å². The van der Waals surface area contributed by atoms with Crippen molar-refractivity contribution in [3.63, 3.8) is 0 Å².